The Morgan fingerprint density at radius 3 is 0.312 bits per heavy atom. The summed E-state index contributed by atoms with van der Waals surface area (Å²) in [4.78, 5) is 16.5. The molecule has 0 N–H and O–H groups in total. The van der Waals surface area contributed by atoms with Crippen LogP contribution in [0.5, 0.6) is 0 Å². The highest BCUT2D eigenvalue weighted by Gasteiger charge is 2.29. The zero-order valence-corrected chi connectivity index (χ0v) is 62.7. The summed E-state index contributed by atoms with van der Waals surface area (Å²) in [5.41, 5.74) is 14.6. The van der Waals surface area contributed by atoms with Crippen molar-refractivity contribution in [2.75, 3.05) is 0 Å². The zero-order chi connectivity index (χ0) is 76.3. The first-order valence-corrected chi connectivity index (χ1v) is 38.8. The Bertz CT molecular complexity index is 4510. The molecule has 12 aromatic carbocycles. The van der Waals surface area contributed by atoms with Crippen molar-refractivity contribution in [2.45, 2.75) is 157 Å². The van der Waals surface area contributed by atoms with Gasteiger partial charge in [0, 0.05) is 246 Å². The molecule has 0 aromatic heterocycles. The number of hydrogen-bond donors (Lipinski definition) is 0. The lowest BCUT2D eigenvalue weighted by molar-refractivity contribution is 0.222. The van der Waals surface area contributed by atoms with Crippen molar-refractivity contribution in [3.05, 3.63) is 423 Å². The Hall–Kier alpha value is -10.2. The maximum atomic E-state index is 17.6. The Morgan fingerprint density at radius 2 is 0.214 bits per heavy atom. The van der Waals surface area contributed by atoms with Crippen LogP contribution >= 0.6 is 0 Å². The highest BCUT2D eigenvalue weighted by molar-refractivity contribution is 5.39. The number of nitrogens with zero attached hydrogens (tertiary/aromatic N) is 8. The van der Waals surface area contributed by atoms with E-state index in [9.17, 15) is 0 Å². The number of benzene rings is 12. The molecule has 6 aliphatic heterocycles. The van der Waals surface area contributed by atoms with Gasteiger partial charge in [0.05, 0.1) is 0 Å². The van der Waals surface area contributed by atoms with E-state index < -0.39 is 0 Å². The fourth-order valence-corrected chi connectivity index (χ4v) is 17.6. The van der Waals surface area contributed by atoms with Crippen LogP contribution in [0.15, 0.2) is 243 Å². The highest BCUT2D eigenvalue weighted by Crippen LogP contribution is 2.34. The van der Waals surface area contributed by atoms with Crippen molar-refractivity contribution in [1.29, 1.82) is 0 Å². The molecule has 0 unspecified atom stereocenters. The molecular weight excluding hydrogens is 1420 g/mol. The number of halogens is 8. The lowest BCUT2D eigenvalue weighted by atomic mass is 10.0. The Morgan fingerprint density at radius 1 is 0.125 bits per heavy atom. The van der Waals surface area contributed by atoms with E-state index in [-0.39, 0.29) is 151 Å². The van der Waals surface area contributed by atoms with Gasteiger partial charge in [-0.15, -0.1) is 0 Å². The molecule has 0 saturated carbocycles. The highest BCUT2D eigenvalue weighted by atomic mass is 19.2. The number of rotatable bonds is 0. The Labute approximate surface area is 650 Å². The summed E-state index contributed by atoms with van der Waals surface area (Å²) < 4.78 is 140. The minimum Gasteiger partial charge on any atom is -0.290 e. The van der Waals surface area contributed by atoms with Crippen LogP contribution in [-0.2, 0) is 157 Å². The van der Waals surface area contributed by atoms with Gasteiger partial charge in [0.25, 0.3) is 0 Å². The maximum absolute atomic E-state index is 17.6. The molecule has 6 aliphatic rings. The van der Waals surface area contributed by atoms with Gasteiger partial charge in [-0.1, -0.05) is 243 Å². The molecule has 0 fully saturated rings. The fourth-order valence-electron chi connectivity index (χ4n) is 17.6. The SMILES string of the molecule is Fc1c2cccc1CN1Cc3cccc(c3)CN(C2)Cc2cccc(c2F)CN2Cc3cccc(c3)CN(Cc3cccc(c3F)C2)Cc2cccc(c2F)CN2Cc3cccc(c3)CN(Cc3cccc(c3F)C2)Cc2cccc(c2F)CN2Cc3cccc(c3)CN(Cc3cccc(c3F)C2)Cc2cccc(c2F)C1. The molecule has 0 amide bonds. The van der Waals surface area contributed by atoms with Crippen molar-refractivity contribution >= 4 is 0 Å². The van der Waals surface area contributed by atoms with Gasteiger partial charge in [0.15, 0.2) is 0 Å². The molecular formula is C96H88F8N8. The van der Waals surface area contributed by atoms with Gasteiger partial charge in [0.1, 0.15) is 46.5 Å². The standard InChI is InChI=1S/C96H88F8N8/c97-89-73-21-5-22-74(89)50-106-42-66-14-1-13-65(37-66)41-105(49-73)57-81-29-9-31-83(93(81)101)59-107-43-67-15-2-17-69(38-67)45-109(53-77-25-6-23-75(51-107)90(77)98)61-85-33-11-35-87(95(85)103)63-111-47-71-19-4-20-72(40-71)48-112(56-80-28-8-27-79(55-111)92(80)100)64-88-36-12-34-86(96(88)104)62-110-46-70-18-3-16-68(39-70)44-108(52-76-24-7-26-78(54-110)91(76)99)60-84-32-10-30-82(58-106)94(84)102/h1-40H,41-64H2. The van der Waals surface area contributed by atoms with Crippen molar-refractivity contribution in [3.63, 3.8) is 0 Å². The summed E-state index contributed by atoms with van der Waals surface area (Å²) >= 11 is 0. The zero-order valence-electron chi connectivity index (χ0n) is 62.7. The average molecular weight is 1510 g/mol. The largest absolute Gasteiger partial charge is 0.290 e. The van der Waals surface area contributed by atoms with Gasteiger partial charge >= 0.3 is 0 Å². The minimum absolute atomic E-state index is 0.157. The third kappa shape index (κ3) is 17.2. The molecule has 0 saturated heterocycles. The predicted octanol–water partition coefficient (Wildman–Crippen LogP) is 20.0. The van der Waals surface area contributed by atoms with Crippen molar-refractivity contribution in [3.8, 4) is 0 Å². The summed E-state index contributed by atoms with van der Waals surface area (Å²) in [6.45, 7) is 5.50. The first-order valence-electron chi connectivity index (χ1n) is 38.8. The quantitative estimate of drug-likeness (QED) is 0.139. The van der Waals surface area contributed by atoms with Gasteiger partial charge in [-0.3, -0.25) is 39.2 Å². The minimum atomic E-state index is -0.389. The van der Waals surface area contributed by atoms with Crippen molar-refractivity contribution in [1.82, 2.24) is 39.2 Å². The van der Waals surface area contributed by atoms with E-state index in [2.05, 4.69) is 63.5 Å². The lowest BCUT2D eigenvalue weighted by Crippen LogP contribution is -2.28. The molecule has 112 heavy (non-hydrogen) atoms. The van der Waals surface area contributed by atoms with Crippen LogP contribution in [0.2, 0.25) is 0 Å². The van der Waals surface area contributed by atoms with Crippen LogP contribution < -0.4 is 0 Å². The maximum Gasteiger partial charge on any atom is 0.132 e. The number of fused-ring (bicyclic) bond motifs is 6. The second-order valence-corrected chi connectivity index (χ2v) is 31.6. The second kappa shape index (κ2) is 33.2. The van der Waals surface area contributed by atoms with Gasteiger partial charge < -0.3 is 0 Å². The van der Waals surface area contributed by atoms with E-state index in [1.54, 1.807) is 97.1 Å². The van der Waals surface area contributed by atoms with E-state index in [4.69, 9.17) is 0 Å². The van der Waals surface area contributed by atoms with Crippen LogP contribution in [-0.4, -0.2) is 39.2 Å². The van der Waals surface area contributed by atoms with E-state index in [0.717, 1.165) is 44.5 Å². The molecule has 16 heteroatoms. The fraction of sp³-hybridized carbons (Fsp3) is 0.250. The monoisotopic (exact) mass is 1500 g/mol. The summed E-state index contributed by atoms with van der Waals surface area (Å²) in [7, 11) is 0. The van der Waals surface area contributed by atoms with Crippen molar-refractivity contribution < 1.29 is 35.1 Å². The topological polar surface area (TPSA) is 25.9 Å². The summed E-state index contributed by atoms with van der Waals surface area (Å²) in [5, 5.41) is 0. The van der Waals surface area contributed by atoms with Crippen molar-refractivity contribution in [2.24, 2.45) is 0 Å². The summed E-state index contributed by atoms with van der Waals surface area (Å²) in [6, 6.07) is 75.9. The molecule has 0 radical (unpaired) electrons. The van der Waals surface area contributed by atoms with Crippen LogP contribution in [0.4, 0.5) is 35.1 Å². The van der Waals surface area contributed by atoms with E-state index in [0.29, 0.717) is 141 Å². The third-order valence-electron chi connectivity index (χ3n) is 22.8. The van der Waals surface area contributed by atoms with E-state index in [1.165, 1.54) is 0 Å². The first-order chi connectivity index (χ1) is 54.6. The third-order valence-corrected chi connectivity index (χ3v) is 22.8. The van der Waals surface area contributed by atoms with Gasteiger partial charge in [0.2, 0.25) is 0 Å². The van der Waals surface area contributed by atoms with Crippen LogP contribution in [0, 0.1) is 46.5 Å². The van der Waals surface area contributed by atoms with Crippen LogP contribution in [0.25, 0.3) is 0 Å². The molecule has 0 aliphatic carbocycles. The average Bonchev–Trinajstić information content (AvgIpc) is 0.815. The van der Waals surface area contributed by atoms with Crippen LogP contribution in [0.1, 0.15) is 134 Å². The normalized spacial score (nSPS) is 21.1. The van der Waals surface area contributed by atoms with Gasteiger partial charge in [-0.05, 0) is 44.5 Å². The number of hydrogen-bond acceptors (Lipinski definition) is 8. The predicted molar refractivity (Wildman–Crippen MR) is 421 cm³/mol. The molecule has 0 atom stereocenters. The molecule has 32 bridgehead atoms. The molecule has 568 valence electrons. The molecule has 8 nitrogen and oxygen atoms in total. The van der Waals surface area contributed by atoms with E-state index >= 15 is 35.1 Å². The van der Waals surface area contributed by atoms with Crippen LogP contribution in [0.3, 0.4) is 0 Å². The molecule has 6 heterocycles. The van der Waals surface area contributed by atoms with E-state index in [1.807, 2.05) is 121 Å². The molecule has 0 spiro atoms. The van der Waals surface area contributed by atoms with Gasteiger partial charge in [-0.2, -0.15) is 0 Å². The molecule has 18 rings (SSSR count). The summed E-state index contributed by atoms with van der Waals surface area (Å²) in [6.07, 6.45) is 0. The first kappa shape index (κ1) is 74.5. The summed E-state index contributed by atoms with van der Waals surface area (Å²) in [5.74, 6) is -3.07. The Balaban J connectivity index is 0.719. The molecule has 12 aromatic rings. The Kier molecular flexibility index (Phi) is 22.1. The smallest absolute Gasteiger partial charge is 0.132 e. The lowest BCUT2D eigenvalue weighted by Gasteiger charge is -2.29. The van der Waals surface area contributed by atoms with Gasteiger partial charge in [-0.25, -0.2) is 35.1 Å². The second-order valence-electron chi connectivity index (χ2n) is 31.6.